The van der Waals surface area contributed by atoms with Crippen molar-refractivity contribution in [3.63, 3.8) is 0 Å². The van der Waals surface area contributed by atoms with Gasteiger partial charge in [0.25, 0.3) is 0 Å². The normalized spacial score (nSPS) is 10.3. The number of aromatic nitrogens is 28. The van der Waals surface area contributed by atoms with E-state index in [4.69, 9.17) is 0 Å². The maximum Gasteiger partial charge on any atom is 2.00 e. The van der Waals surface area contributed by atoms with Gasteiger partial charge in [0.2, 0.25) is 11.6 Å². The molecule has 0 aliphatic rings. The SMILES string of the molecule is [Fe+2].c1cc(-c2nn[n-]n2)nc(-n2cccn2)c1.c1cc(-c2nn[n-]n2)nc(-n2cccn2)c1.c1cc(-c2nn[nH]n2)nc(-n2cccn2)c1.c1cc(-c2nn[nH]n2)nc(-n2cccn2)c1. The molecule has 2 N–H and O–H groups in total. The fraction of sp³-hybridized carbons (Fsp3) is 0. The average molecular weight is 907 g/mol. The molecule has 12 aromatic rings. The van der Waals surface area contributed by atoms with Crippen molar-refractivity contribution in [2.45, 2.75) is 0 Å². The molecule has 0 saturated heterocycles. The van der Waals surface area contributed by atoms with E-state index in [0.29, 0.717) is 69.3 Å². The van der Waals surface area contributed by atoms with E-state index in [1.807, 2.05) is 110 Å². The minimum Gasteiger partial charge on any atom is -0.329 e. The van der Waals surface area contributed by atoms with Gasteiger partial charge in [-0.3, -0.25) is 20.9 Å². The van der Waals surface area contributed by atoms with Crippen LogP contribution in [0.2, 0.25) is 0 Å². The number of hydrogen-bond donors (Lipinski definition) is 2. The summed E-state index contributed by atoms with van der Waals surface area (Å²) < 4.78 is 6.66. The molecule has 0 amide bonds. The number of nitrogens with zero attached hydrogens (tertiary/aromatic N) is 26. The Kier molecular flexibility index (Phi) is 13.3. The molecule has 65 heavy (non-hydrogen) atoms. The Balaban J connectivity index is 0.000000118. The number of tetrazole rings is 4. The van der Waals surface area contributed by atoms with Crippen LogP contribution in [0.3, 0.4) is 0 Å². The first-order valence-corrected chi connectivity index (χ1v) is 18.5. The van der Waals surface area contributed by atoms with Gasteiger partial charge < -0.3 is 10.2 Å². The van der Waals surface area contributed by atoms with Gasteiger partial charge >= 0.3 is 17.1 Å². The zero-order chi connectivity index (χ0) is 43.2. The fourth-order valence-electron chi connectivity index (χ4n) is 5.35. The predicted molar refractivity (Wildman–Crippen MR) is 216 cm³/mol. The monoisotopic (exact) mass is 906 g/mol. The molecule has 0 fully saturated rings. The standard InChI is InChI=1S/2C9H7N7.2C9H6N7.Fe/c4*1-3-7(9-12-14-15-13-9)11-8(4-1)16-6-2-5-10-16;/h2*1-6H,(H,12,13,14,15);2*1-6H;/q;;2*-1;+2. The molecule has 0 atom stereocenters. The summed E-state index contributed by atoms with van der Waals surface area (Å²) in [5.41, 5.74) is 2.56. The van der Waals surface area contributed by atoms with Gasteiger partial charge in [-0.15, -0.1) is 20.4 Å². The Morgan fingerprint density at radius 2 is 0.692 bits per heavy atom. The summed E-state index contributed by atoms with van der Waals surface area (Å²) >= 11 is 0. The summed E-state index contributed by atoms with van der Waals surface area (Å²) in [7, 11) is 0. The van der Waals surface area contributed by atoms with Crippen LogP contribution < -0.4 is 10.4 Å². The van der Waals surface area contributed by atoms with Crippen molar-refractivity contribution in [2.24, 2.45) is 0 Å². The van der Waals surface area contributed by atoms with E-state index in [-0.39, 0.29) is 17.1 Å². The third-order valence-electron chi connectivity index (χ3n) is 8.14. The quantitative estimate of drug-likeness (QED) is 0.201. The van der Waals surface area contributed by atoms with E-state index in [2.05, 4.69) is 123 Å². The topological polar surface area (TPSA) is 337 Å². The summed E-state index contributed by atoms with van der Waals surface area (Å²) in [4.78, 5) is 17.5. The van der Waals surface area contributed by atoms with E-state index in [0.717, 1.165) is 0 Å². The van der Waals surface area contributed by atoms with E-state index >= 15 is 0 Å². The van der Waals surface area contributed by atoms with Crippen LogP contribution in [0.25, 0.3) is 69.3 Å². The number of hydrogen-bond acceptors (Lipinski definition) is 20. The van der Waals surface area contributed by atoms with Crippen LogP contribution >= 0.6 is 0 Å². The number of rotatable bonds is 8. The van der Waals surface area contributed by atoms with Crippen LogP contribution in [0.4, 0.5) is 0 Å². The van der Waals surface area contributed by atoms with E-state index in [1.165, 1.54) is 0 Å². The number of aromatic amines is 2. The van der Waals surface area contributed by atoms with Crippen LogP contribution in [0.5, 0.6) is 0 Å². The van der Waals surface area contributed by atoms with Crippen molar-refractivity contribution in [2.75, 3.05) is 0 Å². The second-order valence-corrected chi connectivity index (χ2v) is 12.2. The van der Waals surface area contributed by atoms with Crippen molar-refractivity contribution >= 4 is 0 Å². The molecule has 0 spiro atoms. The summed E-state index contributed by atoms with van der Waals surface area (Å²) in [6, 6.07) is 29.4. The van der Waals surface area contributed by atoms with Crippen LogP contribution in [0.1, 0.15) is 0 Å². The molecule has 12 aromatic heterocycles. The maximum atomic E-state index is 4.37. The number of pyridine rings is 4. The summed E-state index contributed by atoms with van der Waals surface area (Å²) in [6.45, 7) is 0. The van der Waals surface area contributed by atoms with Gasteiger partial charge in [-0.1, -0.05) is 24.3 Å². The molecule has 0 aliphatic heterocycles. The van der Waals surface area contributed by atoms with Gasteiger partial charge in [-0.25, -0.2) is 48.9 Å². The molecule has 318 valence electrons. The minimum absolute atomic E-state index is 0. The number of H-pyrrole nitrogens is 2. The van der Waals surface area contributed by atoms with Crippen LogP contribution in [0, 0.1) is 0 Å². The summed E-state index contributed by atoms with van der Waals surface area (Å²) in [5.74, 6) is 4.59. The van der Waals surface area contributed by atoms with E-state index in [1.54, 1.807) is 55.6 Å². The molecular formula is C36H26FeN28. The molecule has 0 radical (unpaired) electrons. The zero-order valence-corrected chi connectivity index (χ0v) is 33.9. The average Bonchev–Trinajstić information content (AvgIpc) is 4.22. The molecular weight excluding hydrogens is 880 g/mol. The first-order valence-electron chi connectivity index (χ1n) is 18.5. The largest absolute Gasteiger partial charge is 2.00 e. The van der Waals surface area contributed by atoms with Crippen molar-refractivity contribution < 1.29 is 17.1 Å². The van der Waals surface area contributed by atoms with Crippen molar-refractivity contribution in [1.29, 1.82) is 0 Å². The maximum absolute atomic E-state index is 4.37. The Morgan fingerprint density at radius 1 is 0.369 bits per heavy atom. The first kappa shape index (κ1) is 42.0. The third kappa shape index (κ3) is 10.6. The second-order valence-electron chi connectivity index (χ2n) is 12.2. The molecule has 0 aliphatic carbocycles. The molecule has 12 rings (SSSR count). The molecule has 0 bridgehead atoms. The van der Waals surface area contributed by atoms with Gasteiger partial charge in [-0.2, -0.15) is 30.8 Å². The fourth-order valence-corrected chi connectivity index (χ4v) is 5.35. The second kappa shape index (κ2) is 20.7. The zero-order valence-electron chi connectivity index (χ0n) is 32.8. The smallest absolute Gasteiger partial charge is 0.329 e. The Morgan fingerprint density at radius 3 is 0.938 bits per heavy atom. The number of nitrogens with one attached hydrogen (secondary N) is 2. The van der Waals surface area contributed by atoms with Crippen molar-refractivity contribution in [3.05, 3.63) is 147 Å². The minimum atomic E-state index is 0. The van der Waals surface area contributed by atoms with Gasteiger partial charge in [0.1, 0.15) is 11.4 Å². The van der Waals surface area contributed by atoms with Crippen molar-refractivity contribution in [1.82, 2.24) is 142 Å². The van der Waals surface area contributed by atoms with Gasteiger partial charge in [0.15, 0.2) is 23.3 Å². The Labute approximate surface area is 373 Å². The van der Waals surface area contributed by atoms with E-state index in [9.17, 15) is 0 Å². The van der Waals surface area contributed by atoms with Crippen LogP contribution in [-0.4, -0.2) is 131 Å². The summed E-state index contributed by atoms with van der Waals surface area (Å²) in [6.07, 6.45) is 14.0. The van der Waals surface area contributed by atoms with Gasteiger partial charge in [0.05, 0.1) is 23.0 Å². The van der Waals surface area contributed by atoms with E-state index < -0.39 is 0 Å². The van der Waals surface area contributed by atoms with Gasteiger partial charge in [0, 0.05) is 49.6 Å². The summed E-state index contributed by atoms with van der Waals surface area (Å²) in [5, 5.41) is 72.3. The van der Waals surface area contributed by atoms with Crippen LogP contribution in [0.15, 0.2) is 147 Å². The molecule has 29 heteroatoms. The van der Waals surface area contributed by atoms with Crippen LogP contribution in [-0.2, 0) is 17.1 Å². The predicted octanol–water partition coefficient (Wildman–Crippen LogP) is 1.05. The molecule has 28 nitrogen and oxygen atoms in total. The molecule has 12 heterocycles. The molecule has 0 aromatic carbocycles. The molecule has 0 saturated carbocycles. The molecule has 0 unspecified atom stereocenters. The Bertz CT molecular complexity index is 2520. The van der Waals surface area contributed by atoms with Gasteiger partial charge in [-0.05, 0) is 83.2 Å². The third-order valence-corrected chi connectivity index (χ3v) is 8.14. The van der Waals surface area contributed by atoms with Crippen molar-refractivity contribution in [3.8, 4) is 69.3 Å². The first-order chi connectivity index (χ1) is 31.7. The Hall–Kier alpha value is -9.76.